The zero-order valence-electron chi connectivity index (χ0n) is 16.8. The molecular formula is C24H26N2O3. The second-order valence-electron chi connectivity index (χ2n) is 6.66. The van der Waals surface area contributed by atoms with Crippen LogP contribution in [0.4, 0.5) is 11.4 Å². The Kier molecular flexibility index (Phi) is 7.11. The van der Waals surface area contributed by atoms with Gasteiger partial charge >= 0.3 is 0 Å². The fourth-order valence-electron chi connectivity index (χ4n) is 2.84. The molecule has 150 valence electrons. The average molecular weight is 390 g/mol. The maximum atomic E-state index is 12.4. The molecule has 3 aromatic rings. The van der Waals surface area contributed by atoms with Gasteiger partial charge in [0.1, 0.15) is 24.7 Å². The summed E-state index contributed by atoms with van der Waals surface area (Å²) < 4.78 is 11.4. The standard InChI is InChI=1S/C24H26N2O3/c1-18-9-8-13-21(19(18)2)25-17-24(27)26-22-12-6-7-14-23(22)29-16-15-28-20-10-4-3-5-11-20/h3-14,25H,15-17H2,1-2H3,(H,26,27). The average Bonchev–Trinajstić information content (AvgIpc) is 2.74. The van der Waals surface area contributed by atoms with E-state index in [9.17, 15) is 4.79 Å². The number of nitrogens with one attached hydrogen (secondary N) is 2. The molecule has 0 saturated carbocycles. The Morgan fingerprint density at radius 1 is 0.793 bits per heavy atom. The Bertz CT molecular complexity index is 942. The summed E-state index contributed by atoms with van der Waals surface area (Å²) in [5.41, 5.74) is 3.93. The van der Waals surface area contributed by atoms with Gasteiger partial charge in [-0.25, -0.2) is 0 Å². The number of rotatable bonds is 9. The van der Waals surface area contributed by atoms with Gasteiger partial charge in [-0.05, 0) is 55.3 Å². The highest BCUT2D eigenvalue weighted by molar-refractivity contribution is 5.95. The van der Waals surface area contributed by atoms with Crippen LogP contribution in [0, 0.1) is 13.8 Å². The van der Waals surface area contributed by atoms with Crippen molar-refractivity contribution in [2.75, 3.05) is 30.4 Å². The van der Waals surface area contributed by atoms with Crippen molar-refractivity contribution in [3.8, 4) is 11.5 Å². The van der Waals surface area contributed by atoms with Crippen molar-refractivity contribution >= 4 is 17.3 Å². The molecule has 0 aliphatic carbocycles. The number of hydrogen-bond donors (Lipinski definition) is 2. The first-order valence-corrected chi connectivity index (χ1v) is 9.63. The van der Waals surface area contributed by atoms with Gasteiger partial charge in [0.25, 0.3) is 0 Å². The van der Waals surface area contributed by atoms with Crippen molar-refractivity contribution in [3.05, 3.63) is 83.9 Å². The van der Waals surface area contributed by atoms with Crippen molar-refractivity contribution in [2.24, 2.45) is 0 Å². The first-order chi connectivity index (χ1) is 14.1. The lowest BCUT2D eigenvalue weighted by atomic mass is 10.1. The van der Waals surface area contributed by atoms with Crippen LogP contribution in [-0.4, -0.2) is 25.7 Å². The number of amides is 1. The highest BCUT2D eigenvalue weighted by Gasteiger charge is 2.09. The number of hydrogen-bond acceptors (Lipinski definition) is 4. The highest BCUT2D eigenvalue weighted by Crippen LogP contribution is 2.24. The Balaban J connectivity index is 1.50. The van der Waals surface area contributed by atoms with Crippen LogP contribution in [0.25, 0.3) is 0 Å². The Morgan fingerprint density at radius 3 is 2.31 bits per heavy atom. The maximum absolute atomic E-state index is 12.4. The van der Waals surface area contributed by atoms with Gasteiger partial charge in [0.05, 0.1) is 12.2 Å². The number of aryl methyl sites for hydroxylation is 1. The number of carbonyl (C=O) groups is 1. The molecule has 2 N–H and O–H groups in total. The van der Waals surface area contributed by atoms with Crippen LogP contribution < -0.4 is 20.1 Å². The van der Waals surface area contributed by atoms with Crippen molar-refractivity contribution < 1.29 is 14.3 Å². The summed E-state index contributed by atoms with van der Waals surface area (Å²) in [6.07, 6.45) is 0. The molecule has 3 aromatic carbocycles. The lowest BCUT2D eigenvalue weighted by molar-refractivity contribution is -0.114. The zero-order valence-corrected chi connectivity index (χ0v) is 16.8. The van der Waals surface area contributed by atoms with Gasteiger partial charge in [-0.2, -0.15) is 0 Å². The van der Waals surface area contributed by atoms with Crippen LogP contribution in [0.1, 0.15) is 11.1 Å². The van der Waals surface area contributed by atoms with E-state index in [0.717, 1.165) is 17.0 Å². The number of para-hydroxylation sites is 3. The van der Waals surface area contributed by atoms with Gasteiger partial charge < -0.3 is 20.1 Å². The lowest BCUT2D eigenvalue weighted by Gasteiger charge is -2.14. The van der Waals surface area contributed by atoms with E-state index in [1.807, 2.05) is 73.7 Å². The molecule has 0 aliphatic heterocycles. The molecule has 0 spiro atoms. The molecule has 0 radical (unpaired) electrons. The number of ether oxygens (including phenoxy) is 2. The van der Waals surface area contributed by atoms with Gasteiger partial charge in [0.2, 0.25) is 5.91 Å². The molecule has 0 atom stereocenters. The Hall–Kier alpha value is -3.47. The third-order valence-corrected chi connectivity index (χ3v) is 4.56. The fourth-order valence-corrected chi connectivity index (χ4v) is 2.84. The SMILES string of the molecule is Cc1cccc(NCC(=O)Nc2ccccc2OCCOc2ccccc2)c1C. The molecule has 0 aromatic heterocycles. The third kappa shape index (κ3) is 6.01. The van der Waals surface area contributed by atoms with Crippen LogP contribution >= 0.6 is 0 Å². The van der Waals surface area contributed by atoms with E-state index in [-0.39, 0.29) is 12.5 Å². The normalized spacial score (nSPS) is 10.3. The predicted molar refractivity (Wildman–Crippen MR) is 117 cm³/mol. The van der Waals surface area contributed by atoms with Crippen molar-refractivity contribution in [1.82, 2.24) is 0 Å². The highest BCUT2D eigenvalue weighted by atomic mass is 16.5. The molecular weight excluding hydrogens is 364 g/mol. The summed E-state index contributed by atoms with van der Waals surface area (Å²) in [6, 6.07) is 23.0. The lowest BCUT2D eigenvalue weighted by Crippen LogP contribution is -2.22. The molecule has 0 heterocycles. The van der Waals surface area contributed by atoms with E-state index in [4.69, 9.17) is 9.47 Å². The summed E-state index contributed by atoms with van der Waals surface area (Å²) in [5.74, 6) is 1.28. The van der Waals surface area contributed by atoms with Crippen LogP contribution in [0.3, 0.4) is 0 Å². The molecule has 0 aliphatic rings. The zero-order chi connectivity index (χ0) is 20.5. The maximum Gasteiger partial charge on any atom is 0.243 e. The fraction of sp³-hybridized carbons (Fsp3) is 0.208. The smallest absolute Gasteiger partial charge is 0.243 e. The summed E-state index contributed by atoms with van der Waals surface area (Å²) in [6.45, 7) is 5.06. The van der Waals surface area contributed by atoms with Crippen molar-refractivity contribution in [3.63, 3.8) is 0 Å². The van der Waals surface area contributed by atoms with Crippen molar-refractivity contribution in [1.29, 1.82) is 0 Å². The van der Waals surface area contributed by atoms with E-state index in [1.165, 1.54) is 5.56 Å². The van der Waals surface area contributed by atoms with Crippen LogP contribution in [-0.2, 0) is 4.79 Å². The second-order valence-corrected chi connectivity index (χ2v) is 6.66. The van der Waals surface area contributed by atoms with E-state index in [2.05, 4.69) is 23.6 Å². The Labute approximate surface area is 171 Å². The molecule has 3 rings (SSSR count). The van der Waals surface area contributed by atoms with Gasteiger partial charge in [-0.1, -0.05) is 42.5 Å². The van der Waals surface area contributed by atoms with Crippen LogP contribution in [0.5, 0.6) is 11.5 Å². The third-order valence-electron chi connectivity index (χ3n) is 4.56. The number of benzene rings is 3. The molecule has 0 unspecified atom stereocenters. The quantitative estimate of drug-likeness (QED) is 0.515. The molecule has 0 bridgehead atoms. The molecule has 0 saturated heterocycles. The monoisotopic (exact) mass is 390 g/mol. The summed E-state index contributed by atoms with van der Waals surface area (Å²) in [4.78, 5) is 12.4. The topological polar surface area (TPSA) is 59.6 Å². The van der Waals surface area contributed by atoms with Gasteiger partial charge in [-0.3, -0.25) is 4.79 Å². The van der Waals surface area contributed by atoms with Gasteiger partial charge in [-0.15, -0.1) is 0 Å². The van der Waals surface area contributed by atoms with E-state index in [1.54, 1.807) is 0 Å². The minimum Gasteiger partial charge on any atom is -0.490 e. The van der Waals surface area contributed by atoms with Gasteiger partial charge in [0.15, 0.2) is 0 Å². The Morgan fingerprint density at radius 2 is 1.48 bits per heavy atom. The first-order valence-electron chi connectivity index (χ1n) is 9.63. The molecule has 5 nitrogen and oxygen atoms in total. The summed E-state index contributed by atoms with van der Waals surface area (Å²) in [7, 11) is 0. The van der Waals surface area contributed by atoms with Crippen LogP contribution in [0.15, 0.2) is 72.8 Å². The van der Waals surface area contributed by atoms with E-state index >= 15 is 0 Å². The summed E-state index contributed by atoms with van der Waals surface area (Å²) in [5, 5.41) is 6.10. The minimum absolute atomic E-state index is 0.137. The largest absolute Gasteiger partial charge is 0.490 e. The number of anilines is 2. The second kappa shape index (κ2) is 10.2. The van der Waals surface area contributed by atoms with Gasteiger partial charge in [0, 0.05) is 5.69 Å². The number of carbonyl (C=O) groups excluding carboxylic acids is 1. The molecule has 1 amide bonds. The molecule has 29 heavy (non-hydrogen) atoms. The first kappa shape index (κ1) is 20.3. The van der Waals surface area contributed by atoms with Crippen molar-refractivity contribution in [2.45, 2.75) is 13.8 Å². The van der Waals surface area contributed by atoms with Crippen LogP contribution in [0.2, 0.25) is 0 Å². The predicted octanol–water partition coefficient (Wildman–Crippen LogP) is 4.81. The van der Waals surface area contributed by atoms with E-state index in [0.29, 0.717) is 24.7 Å². The summed E-state index contributed by atoms with van der Waals surface area (Å²) >= 11 is 0. The minimum atomic E-state index is -0.137. The molecule has 0 fully saturated rings. The molecule has 5 heteroatoms. The van der Waals surface area contributed by atoms with E-state index < -0.39 is 0 Å².